The molecule has 21 heavy (non-hydrogen) atoms. The van der Waals surface area contributed by atoms with Gasteiger partial charge in [0, 0.05) is 17.7 Å². The number of nitrogen functional groups attached to an aromatic ring is 1. The van der Waals surface area contributed by atoms with Crippen LogP contribution in [0.5, 0.6) is 0 Å². The summed E-state index contributed by atoms with van der Waals surface area (Å²) in [4.78, 5) is 37.2. The number of nitrogens with zero attached hydrogens (tertiary/aromatic N) is 1. The van der Waals surface area contributed by atoms with E-state index in [1.54, 1.807) is 18.2 Å². The Hall–Kier alpha value is -2.41. The molecule has 0 aromatic heterocycles. The van der Waals surface area contributed by atoms with Crippen molar-refractivity contribution in [2.45, 2.75) is 31.5 Å². The number of aliphatic hydroxyl groups is 1. The number of benzene rings is 1. The highest BCUT2D eigenvalue weighted by Gasteiger charge is 2.52. The molecule has 7 nitrogen and oxygen atoms in total. The van der Waals surface area contributed by atoms with E-state index in [1.807, 2.05) is 0 Å². The van der Waals surface area contributed by atoms with E-state index in [-0.39, 0.29) is 30.0 Å². The third-order valence-corrected chi connectivity index (χ3v) is 4.20. The van der Waals surface area contributed by atoms with Crippen molar-refractivity contribution >= 4 is 23.4 Å². The first-order chi connectivity index (χ1) is 9.86. The Balaban J connectivity index is 2.06. The highest BCUT2D eigenvalue weighted by molar-refractivity contribution is 6.09. The maximum atomic E-state index is 12.6. The molecule has 0 spiro atoms. The quantitative estimate of drug-likeness (QED) is 0.494. The van der Waals surface area contributed by atoms with E-state index >= 15 is 0 Å². The summed E-state index contributed by atoms with van der Waals surface area (Å²) in [5.41, 5.74) is 5.38. The van der Waals surface area contributed by atoms with E-state index in [9.17, 15) is 19.5 Å². The zero-order valence-corrected chi connectivity index (χ0v) is 11.4. The summed E-state index contributed by atoms with van der Waals surface area (Å²) in [6, 6.07) is 4.81. The Morgan fingerprint density at radius 1 is 1.38 bits per heavy atom. The molecule has 1 fully saturated rings. The van der Waals surface area contributed by atoms with Gasteiger partial charge in [-0.25, -0.2) is 0 Å². The molecule has 7 heteroatoms. The topological polar surface area (TPSA) is 113 Å². The molecular weight excluding hydrogens is 274 g/mol. The van der Waals surface area contributed by atoms with Gasteiger partial charge in [-0.2, -0.15) is 0 Å². The van der Waals surface area contributed by atoms with Crippen molar-refractivity contribution in [2.75, 3.05) is 5.73 Å². The van der Waals surface area contributed by atoms with Gasteiger partial charge in [0.15, 0.2) is 6.23 Å². The highest BCUT2D eigenvalue weighted by Crippen LogP contribution is 2.41. The zero-order chi connectivity index (χ0) is 15.4. The number of anilines is 1. The van der Waals surface area contributed by atoms with E-state index in [1.165, 1.54) is 6.92 Å². The molecule has 1 saturated heterocycles. The Morgan fingerprint density at radius 2 is 2.10 bits per heavy atom. The lowest BCUT2D eigenvalue weighted by atomic mass is 9.89. The normalized spacial score (nSPS) is 28.6. The largest absolute Gasteiger partial charge is 0.398 e. The Labute approximate surface area is 120 Å². The SMILES string of the molecule is CC1(N2C(=O)c3c(N)cccc3C2O)CCC(=O)NC1=O. The molecule has 0 saturated carbocycles. The standard InChI is InChI=1S/C14H15N3O4/c1-14(6-5-9(18)16-13(14)21)17-11(19)7-3-2-4-8(15)10(7)12(17)20/h2-4,11,19H,5-6,15H2,1H3,(H,16,18,21). The van der Waals surface area contributed by atoms with Crippen molar-refractivity contribution in [1.29, 1.82) is 0 Å². The summed E-state index contributed by atoms with van der Waals surface area (Å²) in [6.07, 6.45) is -0.973. The van der Waals surface area contributed by atoms with Crippen molar-refractivity contribution in [3.05, 3.63) is 29.3 Å². The first kappa shape index (κ1) is 13.6. The fourth-order valence-corrected chi connectivity index (χ4v) is 2.94. The van der Waals surface area contributed by atoms with E-state index in [0.717, 1.165) is 4.90 Å². The van der Waals surface area contributed by atoms with Gasteiger partial charge in [0.2, 0.25) is 5.91 Å². The van der Waals surface area contributed by atoms with Gasteiger partial charge < -0.3 is 10.8 Å². The van der Waals surface area contributed by atoms with Crippen LogP contribution < -0.4 is 11.1 Å². The van der Waals surface area contributed by atoms with E-state index < -0.39 is 23.6 Å². The second-order valence-electron chi connectivity index (χ2n) is 5.51. The van der Waals surface area contributed by atoms with Crippen LogP contribution in [0.3, 0.4) is 0 Å². The summed E-state index contributed by atoms with van der Waals surface area (Å²) in [5, 5.41) is 12.6. The number of rotatable bonds is 1. The molecule has 2 aliphatic rings. The van der Waals surface area contributed by atoms with E-state index in [2.05, 4.69) is 5.32 Å². The molecule has 0 bridgehead atoms. The Bertz CT molecular complexity index is 672. The number of fused-ring (bicyclic) bond motifs is 1. The molecule has 4 N–H and O–H groups in total. The van der Waals surface area contributed by atoms with Crippen LogP contribution >= 0.6 is 0 Å². The fourth-order valence-electron chi connectivity index (χ4n) is 2.94. The number of hydrogen-bond donors (Lipinski definition) is 3. The number of amides is 3. The Kier molecular flexibility index (Phi) is 2.77. The Morgan fingerprint density at radius 3 is 2.71 bits per heavy atom. The van der Waals surface area contributed by atoms with E-state index in [4.69, 9.17) is 5.73 Å². The molecule has 2 heterocycles. The smallest absolute Gasteiger partial charge is 0.259 e. The van der Waals surface area contributed by atoms with Gasteiger partial charge >= 0.3 is 0 Å². The maximum absolute atomic E-state index is 12.6. The summed E-state index contributed by atoms with van der Waals surface area (Å²) in [5.74, 6) is -1.46. The summed E-state index contributed by atoms with van der Waals surface area (Å²) in [7, 11) is 0. The molecule has 0 aliphatic carbocycles. The summed E-state index contributed by atoms with van der Waals surface area (Å²) in [6.45, 7) is 1.54. The lowest BCUT2D eigenvalue weighted by Crippen LogP contribution is -2.62. The monoisotopic (exact) mass is 289 g/mol. The molecule has 110 valence electrons. The van der Waals surface area contributed by atoms with Crippen LogP contribution in [0.25, 0.3) is 0 Å². The third kappa shape index (κ3) is 1.74. The van der Waals surface area contributed by atoms with Crippen LogP contribution in [0.15, 0.2) is 18.2 Å². The first-order valence-electron chi connectivity index (χ1n) is 6.60. The molecule has 2 aliphatic heterocycles. The summed E-state index contributed by atoms with van der Waals surface area (Å²) < 4.78 is 0. The van der Waals surface area contributed by atoms with Gasteiger partial charge in [-0.3, -0.25) is 24.6 Å². The highest BCUT2D eigenvalue weighted by atomic mass is 16.3. The number of nitrogens with one attached hydrogen (secondary N) is 1. The molecule has 2 atom stereocenters. The minimum atomic E-state index is -1.28. The number of imide groups is 1. The molecule has 2 unspecified atom stereocenters. The van der Waals surface area contributed by atoms with Crippen LogP contribution in [0.2, 0.25) is 0 Å². The van der Waals surface area contributed by atoms with Crippen LogP contribution in [0.4, 0.5) is 5.69 Å². The van der Waals surface area contributed by atoms with Crippen molar-refractivity contribution < 1.29 is 19.5 Å². The second-order valence-corrected chi connectivity index (χ2v) is 5.51. The molecule has 3 rings (SSSR count). The number of carbonyl (C=O) groups excluding carboxylic acids is 3. The predicted molar refractivity (Wildman–Crippen MR) is 72.8 cm³/mol. The number of nitrogens with two attached hydrogens (primary N) is 1. The van der Waals surface area contributed by atoms with Crippen molar-refractivity contribution in [3.8, 4) is 0 Å². The number of hydrogen-bond acceptors (Lipinski definition) is 5. The molecular formula is C14H15N3O4. The number of carbonyl (C=O) groups is 3. The van der Waals surface area contributed by atoms with Gasteiger partial charge in [-0.15, -0.1) is 0 Å². The zero-order valence-electron chi connectivity index (χ0n) is 11.4. The number of piperidine rings is 1. The lowest BCUT2D eigenvalue weighted by Gasteiger charge is -2.41. The summed E-state index contributed by atoms with van der Waals surface area (Å²) >= 11 is 0. The molecule has 1 aromatic rings. The maximum Gasteiger partial charge on any atom is 0.259 e. The fraction of sp³-hybridized carbons (Fsp3) is 0.357. The van der Waals surface area contributed by atoms with Crippen molar-refractivity contribution in [2.24, 2.45) is 0 Å². The van der Waals surface area contributed by atoms with Crippen molar-refractivity contribution in [3.63, 3.8) is 0 Å². The van der Waals surface area contributed by atoms with Crippen LogP contribution in [-0.2, 0) is 9.59 Å². The van der Waals surface area contributed by atoms with Crippen LogP contribution in [0.1, 0.15) is 41.9 Å². The average molecular weight is 289 g/mol. The van der Waals surface area contributed by atoms with Crippen LogP contribution in [-0.4, -0.2) is 33.3 Å². The minimum Gasteiger partial charge on any atom is -0.398 e. The van der Waals surface area contributed by atoms with Gasteiger partial charge in [0.25, 0.3) is 11.8 Å². The third-order valence-electron chi connectivity index (χ3n) is 4.20. The predicted octanol–water partition coefficient (Wildman–Crippen LogP) is -0.0892. The minimum absolute atomic E-state index is 0.116. The van der Waals surface area contributed by atoms with Crippen molar-refractivity contribution in [1.82, 2.24) is 10.2 Å². The second kappa shape index (κ2) is 4.29. The first-order valence-corrected chi connectivity index (χ1v) is 6.60. The average Bonchev–Trinajstić information content (AvgIpc) is 2.68. The van der Waals surface area contributed by atoms with Gasteiger partial charge in [-0.05, 0) is 19.4 Å². The molecule has 0 radical (unpaired) electrons. The lowest BCUT2D eigenvalue weighted by molar-refractivity contribution is -0.147. The van der Waals surface area contributed by atoms with Gasteiger partial charge in [0.05, 0.1) is 5.56 Å². The van der Waals surface area contributed by atoms with Gasteiger partial charge in [-0.1, -0.05) is 12.1 Å². The number of aliphatic hydroxyl groups excluding tert-OH is 1. The van der Waals surface area contributed by atoms with Gasteiger partial charge in [0.1, 0.15) is 5.54 Å². The molecule has 1 aromatic carbocycles. The molecule has 3 amide bonds. The van der Waals surface area contributed by atoms with Crippen LogP contribution in [0, 0.1) is 0 Å². The van der Waals surface area contributed by atoms with E-state index in [0.29, 0.717) is 5.56 Å².